The van der Waals surface area contributed by atoms with E-state index in [4.69, 9.17) is 23.2 Å². The zero-order valence-corrected chi connectivity index (χ0v) is 16.9. The predicted octanol–water partition coefficient (Wildman–Crippen LogP) is 3.71. The summed E-state index contributed by atoms with van der Waals surface area (Å²) < 4.78 is 27.4. The number of nitrogens with zero attached hydrogens (tertiary/aromatic N) is 2. The molecule has 2 heterocycles. The topological polar surface area (TPSA) is 82.5 Å². The smallest absolute Gasteiger partial charge is 0.246 e. The normalized spacial score (nSPS) is 16.9. The number of piperidine rings is 1. The molecule has 0 amide bonds. The number of pyridine rings is 1. The Labute approximate surface area is 169 Å². The van der Waals surface area contributed by atoms with Crippen LogP contribution in [0.2, 0.25) is 10.0 Å². The molecule has 0 spiro atoms. The number of halogens is 2. The fourth-order valence-corrected chi connectivity index (χ4v) is 5.23. The molecule has 1 aromatic carbocycles. The van der Waals surface area contributed by atoms with E-state index in [9.17, 15) is 13.5 Å². The Bertz CT molecular complexity index is 882. The second-order valence-electron chi connectivity index (χ2n) is 6.41. The Morgan fingerprint density at radius 1 is 1.15 bits per heavy atom. The minimum absolute atomic E-state index is 0.0657. The molecule has 2 aromatic rings. The van der Waals surface area contributed by atoms with Gasteiger partial charge in [0.05, 0.1) is 6.10 Å². The first-order chi connectivity index (χ1) is 12.9. The van der Waals surface area contributed by atoms with Crippen LogP contribution in [-0.4, -0.2) is 42.4 Å². The van der Waals surface area contributed by atoms with Crippen LogP contribution in [0.5, 0.6) is 0 Å². The summed E-state index contributed by atoms with van der Waals surface area (Å²) in [6.45, 7) is 1.09. The molecule has 6 nitrogen and oxygen atoms in total. The van der Waals surface area contributed by atoms with Gasteiger partial charge < -0.3 is 10.4 Å². The standard InChI is InChI=1S/C18H21Cl2N3O3S/c19-14-9-13(10-15(20)11-14)16(24)12-22-18-17(5-4-6-21-18)27(25,26)23-7-2-1-3-8-23/h4-6,9-11,16,24H,1-3,7-8,12H2,(H,21,22). The van der Waals surface area contributed by atoms with Crippen LogP contribution in [0.3, 0.4) is 0 Å². The van der Waals surface area contributed by atoms with Crippen molar-refractivity contribution in [3.8, 4) is 0 Å². The zero-order valence-electron chi connectivity index (χ0n) is 14.6. The van der Waals surface area contributed by atoms with Crippen molar-refractivity contribution in [1.82, 2.24) is 9.29 Å². The molecule has 2 N–H and O–H groups in total. The van der Waals surface area contributed by atoms with Gasteiger partial charge in [-0.05, 0) is 48.7 Å². The van der Waals surface area contributed by atoms with Crippen LogP contribution in [0.15, 0.2) is 41.4 Å². The molecule has 1 aromatic heterocycles. The summed E-state index contributed by atoms with van der Waals surface area (Å²) in [7, 11) is -3.63. The predicted molar refractivity (Wildman–Crippen MR) is 107 cm³/mol. The van der Waals surface area contributed by atoms with Crippen LogP contribution in [0.1, 0.15) is 30.9 Å². The molecule has 9 heteroatoms. The number of hydrogen-bond acceptors (Lipinski definition) is 5. The second kappa shape index (κ2) is 8.75. The molecular weight excluding hydrogens is 409 g/mol. The number of rotatable bonds is 6. The molecule has 1 unspecified atom stereocenters. The highest BCUT2D eigenvalue weighted by atomic mass is 35.5. The highest BCUT2D eigenvalue weighted by molar-refractivity contribution is 7.89. The molecule has 3 rings (SSSR count). The lowest BCUT2D eigenvalue weighted by atomic mass is 10.1. The van der Waals surface area contributed by atoms with E-state index in [0.29, 0.717) is 28.7 Å². The summed E-state index contributed by atoms with van der Waals surface area (Å²) in [5.41, 5.74) is 0.538. The summed E-state index contributed by atoms with van der Waals surface area (Å²) >= 11 is 11.9. The fourth-order valence-electron chi connectivity index (χ4n) is 3.05. The maximum atomic E-state index is 13.0. The largest absolute Gasteiger partial charge is 0.387 e. The summed E-state index contributed by atoms with van der Waals surface area (Å²) in [6, 6.07) is 7.93. The maximum Gasteiger partial charge on any atom is 0.246 e. The molecule has 1 atom stereocenters. The van der Waals surface area contributed by atoms with Gasteiger partial charge in [-0.2, -0.15) is 4.31 Å². The molecule has 0 bridgehead atoms. The van der Waals surface area contributed by atoms with Gasteiger partial charge in [-0.1, -0.05) is 29.6 Å². The molecular formula is C18H21Cl2N3O3S. The SMILES string of the molecule is O=S(=O)(c1cccnc1NCC(O)c1cc(Cl)cc(Cl)c1)N1CCCCC1. The molecule has 1 aliphatic heterocycles. The summed E-state index contributed by atoms with van der Waals surface area (Å²) in [5.74, 6) is 0.218. The Balaban J connectivity index is 1.78. The number of anilines is 1. The fraction of sp³-hybridized carbons (Fsp3) is 0.389. The van der Waals surface area contributed by atoms with Gasteiger partial charge in [-0.25, -0.2) is 13.4 Å². The van der Waals surface area contributed by atoms with Gasteiger partial charge in [0.15, 0.2) is 0 Å². The first kappa shape index (κ1) is 20.4. The minimum Gasteiger partial charge on any atom is -0.387 e. The highest BCUT2D eigenvalue weighted by Gasteiger charge is 2.28. The number of aromatic nitrogens is 1. The Hall–Kier alpha value is -1.38. The third-order valence-electron chi connectivity index (χ3n) is 4.44. The van der Waals surface area contributed by atoms with Crippen LogP contribution in [0.25, 0.3) is 0 Å². The van der Waals surface area contributed by atoms with Crippen molar-refractivity contribution in [2.24, 2.45) is 0 Å². The van der Waals surface area contributed by atoms with Crippen molar-refractivity contribution in [2.75, 3.05) is 25.0 Å². The molecule has 0 saturated carbocycles. The van der Waals surface area contributed by atoms with Crippen molar-refractivity contribution in [2.45, 2.75) is 30.3 Å². The van der Waals surface area contributed by atoms with E-state index in [1.807, 2.05) is 0 Å². The number of sulfonamides is 1. The lowest BCUT2D eigenvalue weighted by Gasteiger charge is -2.26. The number of aliphatic hydroxyl groups is 1. The average Bonchev–Trinajstić information content (AvgIpc) is 2.66. The van der Waals surface area contributed by atoms with Crippen LogP contribution in [-0.2, 0) is 10.0 Å². The molecule has 1 saturated heterocycles. The summed E-state index contributed by atoms with van der Waals surface area (Å²) in [6.07, 6.45) is 3.35. The lowest BCUT2D eigenvalue weighted by Crippen LogP contribution is -2.36. The van der Waals surface area contributed by atoms with Crippen molar-refractivity contribution in [3.05, 3.63) is 52.1 Å². The van der Waals surface area contributed by atoms with E-state index >= 15 is 0 Å². The van der Waals surface area contributed by atoms with Crippen molar-refractivity contribution >= 4 is 39.0 Å². The molecule has 0 radical (unpaired) electrons. The lowest BCUT2D eigenvalue weighted by molar-refractivity contribution is 0.191. The van der Waals surface area contributed by atoms with Gasteiger partial charge in [0.2, 0.25) is 10.0 Å². The van der Waals surface area contributed by atoms with E-state index < -0.39 is 16.1 Å². The van der Waals surface area contributed by atoms with Gasteiger partial charge in [0.25, 0.3) is 0 Å². The van der Waals surface area contributed by atoms with Gasteiger partial charge >= 0.3 is 0 Å². The molecule has 0 aliphatic carbocycles. The van der Waals surface area contributed by atoms with Crippen LogP contribution in [0, 0.1) is 0 Å². The second-order valence-corrected chi connectivity index (χ2v) is 9.19. The summed E-state index contributed by atoms with van der Waals surface area (Å²) in [4.78, 5) is 4.27. The number of nitrogens with one attached hydrogen (secondary N) is 1. The quantitative estimate of drug-likeness (QED) is 0.730. The van der Waals surface area contributed by atoms with E-state index in [2.05, 4.69) is 10.3 Å². The van der Waals surface area contributed by atoms with E-state index in [1.165, 1.54) is 16.6 Å². The van der Waals surface area contributed by atoms with Crippen LogP contribution in [0.4, 0.5) is 5.82 Å². The van der Waals surface area contributed by atoms with Crippen LogP contribution < -0.4 is 5.32 Å². The van der Waals surface area contributed by atoms with Crippen molar-refractivity contribution in [1.29, 1.82) is 0 Å². The maximum absolute atomic E-state index is 13.0. The summed E-state index contributed by atoms with van der Waals surface area (Å²) in [5, 5.41) is 14.2. The molecule has 146 valence electrons. The van der Waals surface area contributed by atoms with E-state index in [-0.39, 0.29) is 17.3 Å². The zero-order chi connectivity index (χ0) is 19.4. The van der Waals surface area contributed by atoms with Gasteiger partial charge in [0.1, 0.15) is 10.7 Å². The molecule has 27 heavy (non-hydrogen) atoms. The van der Waals surface area contributed by atoms with Gasteiger partial charge in [-0.15, -0.1) is 0 Å². The number of hydrogen-bond donors (Lipinski definition) is 2. The number of aliphatic hydroxyl groups excluding tert-OH is 1. The van der Waals surface area contributed by atoms with E-state index in [0.717, 1.165) is 19.3 Å². The Morgan fingerprint density at radius 2 is 1.81 bits per heavy atom. The van der Waals surface area contributed by atoms with Gasteiger partial charge in [-0.3, -0.25) is 0 Å². The average molecular weight is 430 g/mol. The first-order valence-corrected chi connectivity index (χ1v) is 10.9. The molecule has 1 aliphatic rings. The third kappa shape index (κ3) is 4.92. The molecule has 1 fully saturated rings. The van der Waals surface area contributed by atoms with Crippen molar-refractivity contribution in [3.63, 3.8) is 0 Å². The Kier molecular flexibility index (Phi) is 6.60. The minimum atomic E-state index is -3.63. The monoisotopic (exact) mass is 429 g/mol. The third-order valence-corrected chi connectivity index (χ3v) is 6.80. The first-order valence-electron chi connectivity index (χ1n) is 8.71. The van der Waals surface area contributed by atoms with Crippen LogP contribution >= 0.6 is 23.2 Å². The highest BCUT2D eigenvalue weighted by Crippen LogP contribution is 2.27. The number of benzene rings is 1. The Morgan fingerprint density at radius 3 is 2.48 bits per heavy atom. The van der Waals surface area contributed by atoms with Gasteiger partial charge in [0, 0.05) is 35.9 Å². The van der Waals surface area contributed by atoms with E-state index in [1.54, 1.807) is 24.3 Å². The van der Waals surface area contributed by atoms with Crippen molar-refractivity contribution < 1.29 is 13.5 Å².